The van der Waals surface area contributed by atoms with Crippen LogP contribution in [-0.4, -0.2) is 22.9 Å². The predicted octanol–water partition coefficient (Wildman–Crippen LogP) is 3.33. The lowest BCUT2D eigenvalue weighted by atomic mass is 10.1. The Labute approximate surface area is 122 Å². The Hall–Kier alpha value is -1.61. The number of nitrogens with zero attached hydrogens (tertiary/aromatic N) is 2. The van der Waals surface area contributed by atoms with Crippen molar-refractivity contribution in [2.45, 2.75) is 33.7 Å². The smallest absolute Gasteiger partial charge is 0.0895 e. The maximum absolute atomic E-state index is 4.66. The van der Waals surface area contributed by atoms with Crippen molar-refractivity contribution in [3.63, 3.8) is 0 Å². The zero-order valence-corrected chi connectivity index (χ0v) is 12.9. The number of aromatic nitrogens is 2. The maximum atomic E-state index is 4.66. The SMILES string of the molecule is Cc1cc(C)n(C(CNCC(C)C)c2ccccc2)n1. The van der Waals surface area contributed by atoms with Crippen LogP contribution in [-0.2, 0) is 0 Å². The van der Waals surface area contributed by atoms with Crippen molar-refractivity contribution < 1.29 is 0 Å². The van der Waals surface area contributed by atoms with Crippen LogP contribution in [0.1, 0.15) is 36.8 Å². The van der Waals surface area contributed by atoms with E-state index < -0.39 is 0 Å². The fraction of sp³-hybridized carbons (Fsp3) is 0.471. The molecule has 0 aliphatic rings. The summed E-state index contributed by atoms with van der Waals surface area (Å²) in [5.41, 5.74) is 3.59. The minimum Gasteiger partial charge on any atom is -0.314 e. The van der Waals surface area contributed by atoms with Gasteiger partial charge in [-0.1, -0.05) is 44.2 Å². The molecule has 0 aliphatic carbocycles. The van der Waals surface area contributed by atoms with Crippen molar-refractivity contribution in [1.82, 2.24) is 15.1 Å². The van der Waals surface area contributed by atoms with Crippen LogP contribution in [0.25, 0.3) is 0 Å². The van der Waals surface area contributed by atoms with Crippen LogP contribution < -0.4 is 5.32 Å². The minimum absolute atomic E-state index is 0.253. The lowest BCUT2D eigenvalue weighted by Crippen LogP contribution is -2.30. The molecule has 1 unspecified atom stereocenters. The van der Waals surface area contributed by atoms with Crippen LogP contribution in [0.4, 0.5) is 0 Å². The molecule has 3 nitrogen and oxygen atoms in total. The standard InChI is InChI=1S/C17H25N3/c1-13(2)11-18-12-17(16-8-6-5-7-9-16)20-15(4)10-14(3)19-20/h5-10,13,17-18H,11-12H2,1-4H3. The second kappa shape index (κ2) is 6.71. The highest BCUT2D eigenvalue weighted by atomic mass is 15.3. The quantitative estimate of drug-likeness (QED) is 0.873. The van der Waals surface area contributed by atoms with Crippen LogP contribution in [0.5, 0.6) is 0 Å². The molecule has 0 fully saturated rings. The summed E-state index contributed by atoms with van der Waals surface area (Å²) in [6.07, 6.45) is 0. The van der Waals surface area contributed by atoms with Gasteiger partial charge in [-0.3, -0.25) is 4.68 Å². The van der Waals surface area contributed by atoms with Gasteiger partial charge in [0.1, 0.15) is 0 Å². The van der Waals surface area contributed by atoms with Crippen LogP contribution in [0.3, 0.4) is 0 Å². The second-order valence-corrected chi connectivity index (χ2v) is 5.85. The van der Waals surface area contributed by atoms with E-state index in [0.717, 1.165) is 18.8 Å². The summed E-state index contributed by atoms with van der Waals surface area (Å²) in [6, 6.07) is 13.0. The molecule has 3 heteroatoms. The highest BCUT2D eigenvalue weighted by Crippen LogP contribution is 2.19. The Morgan fingerprint density at radius 3 is 2.35 bits per heavy atom. The molecule has 20 heavy (non-hydrogen) atoms. The summed E-state index contributed by atoms with van der Waals surface area (Å²) in [5.74, 6) is 0.659. The van der Waals surface area contributed by atoms with Crippen molar-refractivity contribution in [3.8, 4) is 0 Å². The van der Waals surface area contributed by atoms with Crippen molar-refractivity contribution >= 4 is 0 Å². The highest BCUT2D eigenvalue weighted by Gasteiger charge is 2.16. The summed E-state index contributed by atoms with van der Waals surface area (Å²) in [6.45, 7) is 10.6. The Bertz CT molecular complexity index is 528. The highest BCUT2D eigenvalue weighted by molar-refractivity contribution is 5.22. The molecule has 0 saturated heterocycles. The van der Waals surface area contributed by atoms with E-state index in [1.807, 2.05) is 6.92 Å². The monoisotopic (exact) mass is 271 g/mol. The van der Waals surface area contributed by atoms with Crippen LogP contribution >= 0.6 is 0 Å². The average Bonchev–Trinajstić information content (AvgIpc) is 2.74. The second-order valence-electron chi connectivity index (χ2n) is 5.85. The first-order chi connectivity index (χ1) is 9.58. The molecule has 0 radical (unpaired) electrons. The molecule has 0 saturated carbocycles. The van der Waals surface area contributed by atoms with Gasteiger partial charge >= 0.3 is 0 Å². The third kappa shape index (κ3) is 3.70. The van der Waals surface area contributed by atoms with Crippen LogP contribution in [0.15, 0.2) is 36.4 Å². The van der Waals surface area contributed by atoms with Crippen molar-refractivity contribution in [3.05, 3.63) is 53.3 Å². The van der Waals surface area contributed by atoms with E-state index in [2.05, 4.69) is 72.3 Å². The molecule has 108 valence electrons. The Balaban J connectivity index is 2.22. The maximum Gasteiger partial charge on any atom is 0.0895 e. The number of rotatable bonds is 6. The van der Waals surface area contributed by atoms with Gasteiger partial charge in [0.2, 0.25) is 0 Å². The summed E-state index contributed by atoms with van der Waals surface area (Å²) in [4.78, 5) is 0. The third-order valence-electron chi connectivity index (χ3n) is 3.41. The molecular formula is C17H25N3. The Kier molecular flexibility index (Phi) is 4.96. The van der Waals surface area contributed by atoms with Crippen LogP contribution in [0, 0.1) is 19.8 Å². The van der Waals surface area contributed by atoms with Crippen LogP contribution in [0.2, 0.25) is 0 Å². The number of hydrogen-bond acceptors (Lipinski definition) is 2. The number of aryl methyl sites for hydroxylation is 2. The van der Waals surface area contributed by atoms with Gasteiger partial charge in [-0.15, -0.1) is 0 Å². The van der Waals surface area contributed by atoms with Gasteiger partial charge in [-0.25, -0.2) is 0 Å². The zero-order valence-electron chi connectivity index (χ0n) is 12.9. The van der Waals surface area contributed by atoms with Gasteiger partial charge in [0.25, 0.3) is 0 Å². The number of nitrogens with one attached hydrogen (secondary N) is 1. The molecule has 1 N–H and O–H groups in total. The Morgan fingerprint density at radius 1 is 1.10 bits per heavy atom. The van der Waals surface area contributed by atoms with Gasteiger partial charge in [-0.05, 0) is 37.9 Å². The molecular weight excluding hydrogens is 246 g/mol. The molecule has 0 spiro atoms. The first-order valence-electron chi connectivity index (χ1n) is 7.36. The van der Waals surface area contributed by atoms with Crippen molar-refractivity contribution in [2.24, 2.45) is 5.92 Å². The van der Waals surface area contributed by atoms with Gasteiger partial charge in [0.05, 0.1) is 11.7 Å². The normalized spacial score (nSPS) is 12.8. The van der Waals surface area contributed by atoms with E-state index in [4.69, 9.17) is 0 Å². The lowest BCUT2D eigenvalue weighted by Gasteiger charge is -2.21. The van der Waals surface area contributed by atoms with E-state index in [9.17, 15) is 0 Å². The fourth-order valence-electron chi connectivity index (χ4n) is 2.49. The number of hydrogen-bond donors (Lipinski definition) is 1. The molecule has 1 aromatic carbocycles. The lowest BCUT2D eigenvalue weighted by molar-refractivity contribution is 0.448. The van der Waals surface area contributed by atoms with Crippen molar-refractivity contribution in [1.29, 1.82) is 0 Å². The molecule has 2 rings (SSSR count). The summed E-state index contributed by atoms with van der Waals surface area (Å²) in [7, 11) is 0. The molecule has 1 heterocycles. The van der Waals surface area contributed by atoms with Crippen molar-refractivity contribution in [2.75, 3.05) is 13.1 Å². The first-order valence-corrected chi connectivity index (χ1v) is 7.36. The Morgan fingerprint density at radius 2 is 1.80 bits per heavy atom. The van der Waals surface area contributed by atoms with E-state index in [-0.39, 0.29) is 6.04 Å². The third-order valence-corrected chi connectivity index (χ3v) is 3.41. The van der Waals surface area contributed by atoms with E-state index in [0.29, 0.717) is 5.92 Å². The molecule has 0 amide bonds. The largest absolute Gasteiger partial charge is 0.314 e. The topological polar surface area (TPSA) is 29.9 Å². The van der Waals surface area contributed by atoms with Gasteiger partial charge in [0.15, 0.2) is 0 Å². The molecule has 2 aromatic rings. The summed E-state index contributed by atoms with van der Waals surface area (Å²) in [5, 5.41) is 8.22. The van der Waals surface area contributed by atoms with E-state index in [1.165, 1.54) is 11.3 Å². The number of benzene rings is 1. The summed E-state index contributed by atoms with van der Waals surface area (Å²) >= 11 is 0. The molecule has 1 aromatic heterocycles. The van der Waals surface area contributed by atoms with Gasteiger partial charge in [0, 0.05) is 12.2 Å². The fourth-order valence-corrected chi connectivity index (χ4v) is 2.49. The van der Waals surface area contributed by atoms with Gasteiger partial charge in [-0.2, -0.15) is 5.10 Å². The average molecular weight is 271 g/mol. The predicted molar refractivity (Wildman–Crippen MR) is 84.0 cm³/mol. The first kappa shape index (κ1) is 14.8. The zero-order chi connectivity index (χ0) is 14.5. The molecule has 1 atom stereocenters. The molecule has 0 aliphatic heterocycles. The minimum atomic E-state index is 0.253. The van der Waals surface area contributed by atoms with Gasteiger partial charge < -0.3 is 5.32 Å². The van der Waals surface area contributed by atoms with E-state index in [1.54, 1.807) is 0 Å². The summed E-state index contributed by atoms with van der Waals surface area (Å²) < 4.78 is 2.14. The molecule has 0 bridgehead atoms. The van der Waals surface area contributed by atoms with E-state index >= 15 is 0 Å².